The number of aromatic nitrogens is 4. The Balaban J connectivity index is 1.85. The van der Waals surface area contributed by atoms with Gasteiger partial charge in [0.15, 0.2) is 0 Å². The number of benzene rings is 2. The zero-order valence-corrected chi connectivity index (χ0v) is 11.1. The smallest absolute Gasteiger partial charge is 0.255 e. The molecular weight excluding hydrogens is 292 g/mol. The van der Waals surface area contributed by atoms with E-state index in [9.17, 15) is 13.6 Å². The van der Waals surface area contributed by atoms with Crippen molar-refractivity contribution < 1.29 is 13.6 Å². The Kier molecular flexibility index (Phi) is 3.57. The van der Waals surface area contributed by atoms with Crippen LogP contribution in [0.2, 0.25) is 0 Å². The lowest BCUT2D eigenvalue weighted by Crippen LogP contribution is -2.12. The Hall–Kier alpha value is -3.16. The highest BCUT2D eigenvalue weighted by atomic mass is 19.1. The van der Waals surface area contributed by atoms with E-state index >= 15 is 0 Å². The van der Waals surface area contributed by atoms with E-state index in [0.29, 0.717) is 11.3 Å². The highest BCUT2D eigenvalue weighted by molar-refractivity contribution is 6.04. The van der Waals surface area contributed by atoms with Crippen LogP contribution in [0, 0.1) is 11.6 Å². The van der Waals surface area contributed by atoms with Crippen LogP contribution in [-0.4, -0.2) is 26.1 Å². The zero-order chi connectivity index (χ0) is 15.5. The second-order valence-corrected chi connectivity index (χ2v) is 4.42. The van der Waals surface area contributed by atoms with Crippen molar-refractivity contribution in [3.8, 4) is 5.69 Å². The maximum atomic E-state index is 13.1. The maximum Gasteiger partial charge on any atom is 0.255 e. The summed E-state index contributed by atoms with van der Waals surface area (Å²) >= 11 is 0. The number of tetrazole rings is 1. The first kappa shape index (κ1) is 13.8. The molecule has 0 atom stereocenters. The molecule has 2 aromatic carbocycles. The van der Waals surface area contributed by atoms with Crippen molar-refractivity contribution in [1.82, 2.24) is 20.2 Å². The van der Waals surface area contributed by atoms with Crippen LogP contribution in [0.25, 0.3) is 5.69 Å². The minimum Gasteiger partial charge on any atom is -0.322 e. The summed E-state index contributed by atoms with van der Waals surface area (Å²) in [5.41, 5.74) is 0.927. The van der Waals surface area contributed by atoms with Crippen LogP contribution in [0.3, 0.4) is 0 Å². The highest BCUT2D eigenvalue weighted by Gasteiger charge is 2.09. The molecule has 0 bridgehead atoms. The van der Waals surface area contributed by atoms with Crippen LogP contribution in [0.1, 0.15) is 10.4 Å². The lowest BCUT2D eigenvalue weighted by Gasteiger charge is -2.07. The van der Waals surface area contributed by atoms with Gasteiger partial charge in [0.1, 0.15) is 18.0 Å². The number of halogens is 2. The lowest BCUT2D eigenvalue weighted by atomic mass is 10.2. The lowest BCUT2D eigenvalue weighted by molar-refractivity contribution is 0.102. The van der Waals surface area contributed by atoms with Crippen molar-refractivity contribution in [3.05, 3.63) is 66.0 Å². The van der Waals surface area contributed by atoms with Gasteiger partial charge >= 0.3 is 0 Å². The number of hydrogen-bond donors (Lipinski definition) is 1. The molecule has 0 saturated carbocycles. The summed E-state index contributed by atoms with van der Waals surface area (Å²) < 4.78 is 27.6. The van der Waals surface area contributed by atoms with Crippen LogP contribution >= 0.6 is 0 Å². The van der Waals surface area contributed by atoms with Crippen molar-refractivity contribution >= 4 is 11.6 Å². The van der Waals surface area contributed by atoms with Gasteiger partial charge in [0, 0.05) is 17.3 Å². The molecule has 0 fully saturated rings. The Morgan fingerprint density at radius 3 is 2.55 bits per heavy atom. The predicted molar refractivity (Wildman–Crippen MR) is 73.5 cm³/mol. The molecule has 0 saturated heterocycles. The van der Waals surface area contributed by atoms with Crippen LogP contribution < -0.4 is 5.32 Å². The van der Waals surface area contributed by atoms with Gasteiger partial charge in [-0.15, -0.1) is 5.10 Å². The molecule has 6 nitrogen and oxygen atoms in total. The fraction of sp³-hybridized carbons (Fsp3) is 0. The summed E-state index contributed by atoms with van der Waals surface area (Å²) in [5, 5.41) is 13.2. The summed E-state index contributed by atoms with van der Waals surface area (Å²) in [7, 11) is 0. The van der Waals surface area contributed by atoms with Crippen LogP contribution in [-0.2, 0) is 0 Å². The van der Waals surface area contributed by atoms with Crippen LogP contribution in [0.15, 0.2) is 48.8 Å². The molecule has 0 aliphatic carbocycles. The molecule has 1 aromatic heterocycles. The summed E-state index contributed by atoms with van der Waals surface area (Å²) in [6, 6.07) is 9.29. The van der Waals surface area contributed by atoms with Gasteiger partial charge in [0.2, 0.25) is 0 Å². The Morgan fingerprint density at radius 1 is 1.09 bits per heavy atom. The van der Waals surface area contributed by atoms with E-state index in [1.807, 2.05) is 0 Å². The summed E-state index contributed by atoms with van der Waals surface area (Å²) in [6.07, 6.45) is 1.39. The fourth-order valence-corrected chi connectivity index (χ4v) is 1.90. The molecule has 110 valence electrons. The molecular formula is C14H9F2N5O. The summed E-state index contributed by atoms with van der Waals surface area (Å²) in [5.74, 6) is -2.03. The number of rotatable bonds is 3. The van der Waals surface area contributed by atoms with Gasteiger partial charge in [-0.1, -0.05) is 6.07 Å². The summed E-state index contributed by atoms with van der Waals surface area (Å²) in [6.45, 7) is 0. The van der Waals surface area contributed by atoms with E-state index in [1.165, 1.54) is 11.0 Å². The molecule has 1 N–H and O–H groups in total. The first-order chi connectivity index (χ1) is 10.6. The Bertz CT molecular complexity index is 800. The van der Waals surface area contributed by atoms with Crippen LogP contribution in [0.5, 0.6) is 0 Å². The molecule has 0 unspecified atom stereocenters. The standard InChI is InChI=1S/C14H9F2N5O/c15-10-5-11(16)7-12(6-10)18-14(22)9-2-1-3-13(4-9)21-8-17-19-20-21/h1-8H,(H,18,22). The average molecular weight is 301 g/mol. The van der Waals surface area contributed by atoms with Crippen molar-refractivity contribution in [2.24, 2.45) is 0 Å². The molecule has 8 heteroatoms. The molecule has 3 rings (SSSR count). The third-order valence-electron chi connectivity index (χ3n) is 2.84. The number of carbonyl (C=O) groups excluding carboxylic acids is 1. The van der Waals surface area contributed by atoms with E-state index in [1.54, 1.807) is 24.3 Å². The average Bonchev–Trinajstić information content (AvgIpc) is 3.00. The van der Waals surface area contributed by atoms with Gasteiger partial charge in [0.25, 0.3) is 5.91 Å². The zero-order valence-electron chi connectivity index (χ0n) is 11.1. The van der Waals surface area contributed by atoms with Crippen molar-refractivity contribution in [2.45, 2.75) is 0 Å². The van der Waals surface area contributed by atoms with Gasteiger partial charge < -0.3 is 5.32 Å². The third-order valence-corrected chi connectivity index (χ3v) is 2.84. The minimum atomic E-state index is -0.766. The van der Waals surface area contributed by atoms with E-state index in [2.05, 4.69) is 20.8 Å². The monoisotopic (exact) mass is 301 g/mol. The largest absolute Gasteiger partial charge is 0.322 e. The number of hydrogen-bond acceptors (Lipinski definition) is 4. The topological polar surface area (TPSA) is 72.7 Å². The molecule has 22 heavy (non-hydrogen) atoms. The number of nitrogens with zero attached hydrogens (tertiary/aromatic N) is 4. The van der Waals surface area contributed by atoms with E-state index in [-0.39, 0.29) is 5.69 Å². The van der Waals surface area contributed by atoms with Gasteiger partial charge in [-0.2, -0.15) is 0 Å². The van der Waals surface area contributed by atoms with E-state index < -0.39 is 17.5 Å². The first-order valence-corrected chi connectivity index (χ1v) is 6.23. The molecule has 0 aliphatic heterocycles. The van der Waals surface area contributed by atoms with Crippen molar-refractivity contribution in [3.63, 3.8) is 0 Å². The van der Waals surface area contributed by atoms with E-state index in [4.69, 9.17) is 0 Å². The van der Waals surface area contributed by atoms with E-state index in [0.717, 1.165) is 18.2 Å². The molecule has 3 aromatic rings. The number of carbonyl (C=O) groups is 1. The Morgan fingerprint density at radius 2 is 1.86 bits per heavy atom. The van der Waals surface area contributed by atoms with Crippen LogP contribution in [0.4, 0.5) is 14.5 Å². The molecule has 1 heterocycles. The minimum absolute atomic E-state index is 0.0373. The molecule has 0 aliphatic rings. The number of amides is 1. The van der Waals surface area contributed by atoms with Gasteiger partial charge in [-0.25, -0.2) is 13.5 Å². The number of anilines is 1. The second-order valence-electron chi connectivity index (χ2n) is 4.42. The molecule has 0 radical (unpaired) electrons. The van der Waals surface area contributed by atoms with Gasteiger partial charge in [0.05, 0.1) is 5.69 Å². The normalized spacial score (nSPS) is 10.5. The first-order valence-electron chi connectivity index (χ1n) is 6.23. The molecule has 0 spiro atoms. The fourth-order valence-electron chi connectivity index (χ4n) is 1.90. The predicted octanol–water partition coefficient (Wildman–Crippen LogP) is 2.19. The summed E-state index contributed by atoms with van der Waals surface area (Å²) in [4.78, 5) is 12.1. The quantitative estimate of drug-likeness (QED) is 0.805. The van der Waals surface area contributed by atoms with Gasteiger partial charge in [-0.05, 0) is 40.8 Å². The van der Waals surface area contributed by atoms with Crippen molar-refractivity contribution in [2.75, 3.05) is 5.32 Å². The number of nitrogens with one attached hydrogen (secondary N) is 1. The third kappa shape index (κ3) is 2.95. The highest BCUT2D eigenvalue weighted by Crippen LogP contribution is 2.15. The van der Waals surface area contributed by atoms with Gasteiger partial charge in [-0.3, -0.25) is 4.79 Å². The van der Waals surface area contributed by atoms with Crippen molar-refractivity contribution in [1.29, 1.82) is 0 Å². The SMILES string of the molecule is O=C(Nc1cc(F)cc(F)c1)c1cccc(-n2cnnn2)c1. The maximum absolute atomic E-state index is 13.1. The second kappa shape index (κ2) is 5.68. The molecule has 1 amide bonds. The Labute approximate surface area is 123 Å².